The summed E-state index contributed by atoms with van der Waals surface area (Å²) in [6.07, 6.45) is 6.77. The largest absolute Gasteiger partial charge is 0.493 e. The summed E-state index contributed by atoms with van der Waals surface area (Å²) >= 11 is 0. The van der Waals surface area contributed by atoms with Crippen LogP contribution in [0.3, 0.4) is 0 Å². The number of ether oxygens (including phenoxy) is 3. The van der Waals surface area contributed by atoms with Gasteiger partial charge >= 0.3 is 0 Å². The van der Waals surface area contributed by atoms with Crippen LogP contribution in [0.15, 0.2) is 24.3 Å². The molecule has 9 heteroatoms. The zero-order chi connectivity index (χ0) is 28.3. The number of para-hydroxylation sites is 1. The minimum Gasteiger partial charge on any atom is -0.493 e. The fourth-order valence-electron chi connectivity index (χ4n) is 4.61. The summed E-state index contributed by atoms with van der Waals surface area (Å²) < 4.78 is 16.2. The maximum absolute atomic E-state index is 12.7. The number of unbranched alkanes of at least 4 members (excludes halogenated alkanes) is 4. The predicted molar refractivity (Wildman–Crippen MR) is 152 cm³/mol. The lowest BCUT2D eigenvalue weighted by atomic mass is 9.89. The molecule has 1 aromatic rings. The summed E-state index contributed by atoms with van der Waals surface area (Å²) in [5.74, 6) is 0.769. The number of carbonyl (C=O) groups excluding carboxylic acids is 3. The predicted octanol–water partition coefficient (Wildman–Crippen LogP) is 3.81. The summed E-state index contributed by atoms with van der Waals surface area (Å²) in [5.41, 5.74) is 0.557. The Bertz CT molecular complexity index is 857. The lowest BCUT2D eigenvalue weighted by Gasteiger charge is -2.27. The molecule has 1 saturated heterocycles. The Balaban J connectivity index is 1.60. The number of hydrogen-bond donors (Lipinski definition) is 2. The highest BCUT2D eigenvalue weighted by molar-refractivity contribution is 5.96. The molecule has 9 nitrogen and oxygen atoms in total. The number of hydrogen-bond acceptors (Lipinski definition) is 6. The molecule has 1 heterocycles. The summed E-state index contributed by atoms with van der Waals surface area (Å²) in [5, 5.41) is 5.97. The Kier molecular flexibility index (Phi) is 16.2. The molecular formula is C30H49N3O6. The van der Waals surface area contributed by atoms with Gasteiger partial charge in [-0.1, -0.05) is 45.2 Å². The first kappa shape index (κ1) is 32.6. The van der Waals surface area contributed by atoms with E-state index in [0.717, 1.165) is 44.9 Å². The molecule has 1 fully saturated rings. The van der Waals surface area contributed by atoms with E-state index in [4.69, 9.17) is 14.2 Å². The van der Waals surface area contributed by atoms with Gasteiger partial charge in [0.1, 0.15) is 5.75 Å². The zero-order valence-electron chi connectivity index (χ0n) is 24.2. The average Bonchev–Trinajstić information content (AvgIpc) is 2.94. The third-order valence-corrected chi connectivity index (χ3v) is 7.00. The highest BCUT2D eigenvalue weighted by Crippen LogP contribution is 2.20. The van der Waals surface area contributed by atoms with Gasteiger partial charge in [-0.2, -0.15) is 0 Å². The quantitative estimate of drug-likeness (QED) is 0.255. The monoisotopic (exact) mass is 547 g/mol. The number of morpholine rings is 1. The van der Waals surface area contributed by atoms with E-state index in [2.05, 4.69) is 24.5 Å². The average molecular weight is 548 g/mol. The van der Waals surface area contributed by atoms with Gasteiger partial charge in [0.2, 0.25) is 11.8 Å². The second kappa shape index (κ2) is 19.4. The van der Waals surface area contributed by atoms with Crippen LogP contribution in [0.1, 0.15) is 75.6 Å². The van der Waals surface area contributed by atoms with Gasteiger partial charge in [-0.15, -0.1) is 0 Å². The molecule has 0 radical (unpaired) electrons. The van der Waals surface area contributed by atoms with Crippen molar-refractivity contribution in [1.29, 1.82) is 0 Å². The minimum absolute atomic E-state index is 0.0339. The van der Waals surface area contributed by atoms with Crippen LogP contribution in [0.25, 0.3) is 0 Å². The first-order valence-corrected chi connectivity index (χ1v) is 14.6. The summed E-state index contributed by atoms with van der Waals surface area (Å²) in [6, 6.07) is 7.33. The van der Waals surface area contributed by atoms with Crippen LogP contribution >= 0.6 is 0 Å². The summed E-state index contributed by atoms with van der Waals surface area (Å²) in [4.78, 5) is 39.5. The first-order chi connectivity index (χ1) is 18.9. The Labute approximate surface area is 234 Å². The molecule has 39 heavy (non-hydrogen) atoms. The topological polar surface area (TPSA) is 106 Å². The SMILES string of the molecule is COCCCCOc1ccccc1C(=O)NCCCCCCC(C(=O)NCCC(=O)N1CCOCC1)C(C)C. The van der Waals surface area contributed by atoms with Crippen LogP contribution in [-0.2, 0) is 19.1 Å². The second-order valence-electron chi connectivity index (χ2n) is 10.4. The van der Waals surface area contributed by atoms with Crippen molar-refractivity contribution in [2.24, 2.45) is 11.8 Å². The number of carbonyl (C=O) groups is 3. The smallest absolute Gasteiger partial charge is 0.255 e. The number of nitrogens with one attached hydrogen (secondary N) is 2. The van der Waals surface area contributed by atoms with Crippen molar-refractivity contribution >= 4 is 17.7 Å². The highest BCUT2D eigenvalue weighted by atomic mass is 16.5. The van der Waals surface area contributed by atoms with E-state index >= 15 is 0 Å². The Morgan fingerprint density at radius 3 is 2.38 bits per heavy atom. The summed E-state index contributed by atoms with van der Waals surface area (Å²) in [7, 11) is 1.68. The van der Waals surface area contributed by atoms with E-state index in [9.17, 15) is 14.4 Å². The van der Waals surface area contributed by atoms with E-state index in [0.29, 0.717) is 70.3 Å². The van der Waals surface area contributed by atoms with E-state index in [1.807, 2.05) is 18.2 Å². The second-order valence-corrected chi connectivity index (χ2v) is 10.4. The minimum atomic E-state index is -0.119. The van der Waals surface area contributed by atoms with Crippen molar-refractivity contribution in [2.45, 2.75) is 65.2 Å². The highest BCUT2D eigenvalue weighted by Gasteiger charge is 2.22. The van der Waals surface area contributed by atoms with Crippen LogP contribution in [0.5, 0.6) is 5.75 Å². The van der Waals surface area contributed by atoms with E-state index in [1.54, 1.807) is 18.1 Å². The molecule has 0 aliphatic carbocycles. The molecule has 0 spiro atoms. The molecule has 2 rings (SSSR count). The maximum atomic E-state index is 12.7. The van der Waals surface area contributed by atoms with Crippen LogP contribution in [0.2, 0.25) is 0 Å². The molecule has 2 N–H and O–H groups in total. The van der Waals surface area contributed by atoms with Gasteiger partial charge in [-0.25, -0.2) is 0 Å². The molecule has 3 amide bonds. The number of nitrogens with zero attached hydrogens (tertiary/aromatic N) is 1. The van der Waals surface area contributed by atoms with Gasteiger partial charge in [-0.3, -0.25) is 14.4 Å². The van der Waals surface area contributed by atoms with Gasteiger partial charge in [0.15, 0.2) is 0 Å². The Hall–Kier alpha value is -2.65. The molecule has 0 saturated carbocycles. The molecular weight excluding hydrogens is 498 g/mol. The fourth-order valence-corrected chi connectivity index (χ4v) is 4.61. The number of amides is 3. The standard InChI is InChI=1S/C30H49N3O6/c1-24(2)25(29(35)32-17-15-28(34)33-18-22-38-23-19-33)12-6-4-5-9-16-31-30(36)26-13-7-8-14-27(26)39-21-11-10-20-37-3/h7-8,13-14,24-25H,4-6,9-12,15-23H2,1-3H3,(H,31,36)(H,32,35). The first-order valence-electron chi connectivity index (χ1n) is 14.6. The molecule has 1 aromatic carbocycles. The number of methoxy groups -OCH3 is 1. The fraction of sp³-hybridized carbons (Fsp3) is 0.700. The van der Waals surface area contributed by atoms with Crippen molar-refractivity contribution in [3.8, 4) is 5.75 Å². The number of benzene rings is 1. The van der Waals surface area contributed by atoms with Crippen LogP contribution in [0, 0.1) is 11.8 Å². The maximum Gasteiger partial charge on any atom is 0.255 e. The van der Waals surface area contributed by atoms with Crippen LogP contribution in [-0.4, -0.2) is 82.3 Å². The molecule has 1 aliphatic heterocycles. The van der Waals surface area contributed by atoms with Gasteiger partial charge < -0.3 is 29.7 Å². The van der Waals surface area contributed by atoms with Crippen LogP contribution < -0.4 is 15.4 Å². The molecule has 0 bridgehead atoms. The summed E-state index contributed by atoms with van der Waals surface area (Å²) in [6.45, 7) is 8.79. The van der Waals surface area contributed by atoms with Gasteiger partial charge in [0.05, 0.1) is 25.4 Å². The normalized spacial score (nSPS) is 14.2. The van der Waals surface area contributed by atoms with Crippen LogP contribution in [0.4, 0.5) is 0 Å². The Morgan fingerprint density at radius 1 is 0.923 bits per heavy atom. The molecule has 1 aliphatic rings. The third-order valence-electron chi connectivity index (χ3n) is 7.00. The molecule has 0 aromatic heterocycles. The number of rotatable bonds is 19. The lowest BCUT2D eigenvalue weighted by Crippen LogP contribution is -2.42. The van der Waals surface area contributed by atoms with Crippen molar-refractivity contribution in [3.63, 3.8) is 0 Å². The zero-order valence-corrected chi connectivity index (χ0v) is 24.2. The molecule has 220 valence electrons. The van der Waals surface area contributed by atoms with E-state index in [-0.39, 0.29) is 29.6 Å². The van der Waals surface area contributed by atoms with Gasteiger partial charge in [-0.05, 0) is 43.7 Å². The lowest BCUT2D eigenvalue weighted by molar-refractivity contribution is -0.135. The van der Waals surface area contributed by atoms with Crippen molar-refractivity contribution in [2.75, 3.05) is 59.7 Å². The van der Waals surface area contributed by atoms with Crippen molar-refractivity contribution in [3.05, 3.63) is 29.8 Å². The van der Waals surface area contributed by atoms with Gasteiger partial charge in [0, 0.05) is 52.2 Å². The molecule has 1 atom stereocenters. The third kappa shape index (κ3) is 12.8. The van der Waals surface area contributed by atoms with Gasteiger partial charge in [0.25, 0.3) is 5.91 Å². The van der Waals surface area contributed by atoms with Crippen molar-refractivity contribution < 1.29 is 28.6 Å². The van der Waals surface area contributed by atoms with E-state index in [1.165, 1.54) is 0 Å². The van der Waals surface area contributed by atoms with E-state index < -0.39 is 0 Å². The molecule has 1 unspecified atom stereocenters. The Morgan fingerprint density at radius 2 is 1.64 bits per heavy atom. The van der Waals surface area contributed by atoms with Crippen molar-refractivity contribution in [1.82, 2.24) is 15.5 Å².